The number of hydrogen-bond donors (Lipinski definition) is 0. The molecule has 1 aromatic rings. The van der Waals surface area contributed by atoms with Gasteiger partial charge in [0.05, 0.1) is 7.11 Å². The van der Waals surface area contributed by atoms with Gasteiger partial charge < -0.3 is 9.84 Å². The van der Waals surface area contributed by atoms with Crippen molar-refractivity contribution < 1.29 is 9.84 Å². The molecule has 0 amide bonds. The number of methoxy groups -OCH3 is 1. The quantitative estimate of drug-likeness (QED) is 0.592. The van der Waals surface area contributed by atoms with E-state index in [9.17, 15) is 0 Å². The molecular formula is C9H13O2+. The Morgan fingerprint density at radius 2 is 1.82 bits per heavy atom. The zero-order valence-corrected chi connectivity index (χ0v) is 6.79. The summed E-state index contributed by atoms with van der Waals surface area (Å²) in [6, 6.07) is 7.58. The third kappa shape index (κ3) is 1.95. The Bertz CT molecular complexity index is 214. The van der Waals surface area contributed by atoms with Crippen LogP contribution in [-0.2, 0) is 0 Å². The smallest absolute Gasteiger partial charge is 0.177 e. The van der Waals surface area contributed by atoms with E-state index in [-0.39, 0.29) is 6.10 Å². The SMILES string of the molecule is COc1ccc(C(C)[OH2+])cc1. The van der Waals surface area contributed by atoms with Crippen LogP contribution in [0, 0.1) is 0 Å². The predicted molar refractivity (Wildman–Crippen MR) is 45.0 cm³/mol. The molecule has 2 nitrogen and oxygen atoms in total. The Hall–Kier alpha value is -1.02. The van der Waals surface area contributed by atoms with Gasteiger partial charge in [0.25, 0.3) is 0 Å². The summed E-state index contributed by atoms with van der Waals surface area (Å²) in [5.41, 5.74) is 1.02. The molecule has 1 atom stereocenters. The van der Waals surface area contributed by atoms with Gasteiger partial charge in [0.1, 0.15) is 5.75 Å². The highest BCUT2D eigenvalue weighted by molar-refractivity contribution is 5.27. The van der Waals surface area contributed by atoms with Crippen LogP contribution in [0.4, 0.5) is 0 Å². The molecule has 2 N–H and O–H groups in total. The average Bonchev–Trinajstić information content (AvgIpc) is 2.05. The lowest BCUT2D eigenvalue weighted by molar-refractivity contribution is 0.199. The van der Waals surface area contributed by atoms with Gasteiger partial charge in [0, 0.05) is 12.5 Å². The summed E-state index contributed by atoms with van der Waals surface area (Å²) in [4.78, 5) is 0. The highest BCUT2D eigenvalue weighted by atomic mass is 16.5. The van der Waals surface area contributed by atoms with Crippen LogP contribution in [0.15, 0.2) is 24.3 Å². The molecule has 0 heterocycles. The van der Waals surface area contributed by atoms with E-state index in [1.165, 1.54) is 0 Å². The molecule has 0 saturated carbocycles. The summed E-state index contributed by atoms with van der Waals surface area (Å²) >= 11 is 0. The van der Waals surface area contributed by atoms with Crippen molar-refractivity contribution in [1.82, 2.24) is 0 Å². The minimum Gasteiger partial charge on any atom is -0.497 e. The first-order valence-electron chi connectivity index (χ1n) is 3.59. The highest BCUT2D eigenvalue weighted by Crippen LogP contribution is 2.16. The summed E-state index contributed by atoms with van der Waals surface area (Å²) in [5, 5.41) is 7.41. The Kier molecular flexibility index (Phi) is 2.49. The van der Waals surface area contributed by atoms with Crippen molar-refractivity contribution in [3.8, 4) is 5.75 Å². The molecule has 0 fully saturated rings. The molecule has 0 radical (unpaired) electrons. The van der Waals surface area contributed by atoms with Crippen LogP contribution in [0.2, 0.25) is 0 Å². The third-order valence-electron chi connectivity index (χ3n) is 1.62. The number of benzene rings is 1. The molecule has 0 bridgehead atoms. The molecule has 0 spiro atoms. The van der Waals surface area contributed by atoms with Gasteiger partial charge in [-0.25, -0.2) is 0 Å². The Balaban J connectivity index is 2.83. The lowest BCUT2D eigenvalue weighted by atomic mass is 10.1. The van der Waals surface area contributed by atoms with E-state index in [0.29, 0.717) is 0 Å². The van der Waals surface area contributed by atoms with Crippen LogP contribution in [0.1, 0.15) is 18.6 Å². The molecule has 2 heteroatoms. The van der Waals surface area contributed by atoms with E-state index >= 15 is 0 Å². The topological polar surface area (TPSA) is 32.1 Å². The molecule has 1 unspecified atom stereocenters. The van der Waals surface area contributed by atoms with Gasteiger partial charge in [0.2, 0.25) is 0 Å². The Morgan fingerprint density at radius 1 is 1.27 bits per heavy atom. The van der Waals surface area contributed by atoms with Gasteiger partial charge in [-0.1, -0.05) is 0 Å². The van der Waals surface area contributed by atoms with Gasteiger partial charge in [-0.15, -0.1) is 0 Å². The van der Waals surface area contributed by atoms with E-state index in [1.807, 2.05) is 31.2 Å². The first kappa shape index (κ1) is 8.08. The second-order valence-corrected chi connectivity index (χ2v) is 2.49. The zero-order chi connectivity index (χ0) is 8.27. The lowest BCUT2D eigenvalue weighted by Gasteiger charge is -2.02. The van der Waals surface area contributed by atoms with Gasteiger partial charge >= 0.3 is 0 Å². The van der Waals surface area contributed by atoms with Crippen molar-refractivity contribution in [3.05, 3.63) is 29.8 Å². The largest absolute Gasteiger partial charge is 0.497 e. The predicted octanol–water partition coefficient (Wildman–Crippen LogP) is 1.48. The van der Waals surface area contributed by atoms with E-state index < -0.39 is 0 Å². The standard InChI is InChI=1S/C9H12O2/c1-7(10)8-3-5-9(11-2)6-4-8/h3-7,10H,1-2H3/p+1. The summed E-state index contributed by atoms with van der Waals surface area (Å²) < 4.78 is 4.99. The average molecular weight is 153 g/mol. The van der Waals surface area contributed by atoms with Crippen molar-refractivity contribution in [2.24, 2.45) is 0 Å². The highest BCUT2D eigenvalue weighted by Gasteiger charge is 2.02. The Morgan fingerprint density at radius 3 is 2.18 bits per heavy atom. The molecule has 0 aliphatic heterocycles. The maximum absolute atomic E-state index is 7.41. The van der Waals surface area contributed by atoms with Crippen LogP contribution in [0.5, 0.6) is 5.75 Å². The molecular weight excluding hydrogens is 140 g/mol. The van der Waals surface area contributed by atoms with Crippen LogP contribution in [0.3, 0.4) is 0 Å². The monoisotopic (exact) mass is 153 g/mol. The minimum atomic E-state index is -0.152. The molecule has 60 valence electrons. The van der Waals surface area contributed by atoms with E-state index in [0.717, 1.165) is 11.3 Å². The van der Waals surface area contributed by atoms with Gasteiger partial charge in [-0.05, 0) is 24.3 Å². The third-order valence-corrected chi connectivity index (χ3v) is 1.62. The molecule has 0 saturated heterocycles. The number of rotatable bonds is 2. The number of ether oxygens (including phenoxy) is 1. The maximum Gasteiger partial charge on any atom is 0.177 e. The summed E-state index contributed by atoms with van der Waals surface area (Å²) in [6.45, 7) is 1.85. The van der Waals surface area contributed by atoms with Crippen LogP contribution < -0.4 is 4.74 Å². The minimum absolute atomic E-state index is 0.152. The van der Waals surface area contributed by atoms with Gasteiger partial charge in [-0.3, -0.25) is 0 Å². The van der Waals surface area contributed by atoms with Gasteiger partial charge in [0.15, 0.2) is 6.10 Å². The molecule has 0 aliphatic carbocycles. The lowest BCUT2D eigenvalue weighted by Crippen LogP contribution is -1.90. The molecule has 1 aromatic carbocycles. The fourth-order valence-electron chi connectivity index (χ4n) is 0.893. The number of hydrogen-bond acceptors (Lipinski definition) is 1. The van der Waals surface area contributed by atoms with Crippen LogP contribution >= 0.6 is 0 Å². The second kappa shape index (κ2) is 3.39. The maximum atomic E-state index is 7.41. The first-order valence-corrected chi connectivity index (χ1v) is 3.59. The normalized spacial score (nSPS) is 12.6. The zero-order valence-electron chi connectivity index (χ0n) is 6.79. The van der Waals surface area contributed by atoms with Crippen LogP contribution in [-0.4, -0.2) is 12.2 Å². The second-order valence-electron chi connectivity index (χ2n) is 2.49. The van der Waals surface area contributed by atoms with E-state index in [4.69, 9.17) is 9.84 Å². The Labute approximate surface area is 66.4 Å². The summed E-state index contributed by atoms with van der Waals surface area (Å²) in [5.74, 6) is 0.842. The van der Waals surface area contributed by atoms with Crippen molar-refractivity contribution in [3.63, 3.8) is 0 Å². The van der Waals surface area contributed by atoms with Crippen molar-refractivity contribution in [1.29, 1.82) is 0 Å². The van der Waals surface area contributed by atoms with Gasteiger partial charge in [-0.2, -0.15) is 0 Å². The molecule has 0 aliphatic rings. The van der Waals surface area contributed by atoms with Crippen molar-refractivity contribution in [2.45, 2.75) is 13.0 Å². The van der Waals surface area contributed by atoms with Crippen molar-refractivity contribution in [2.75, 3.05) is 7.11 Å². The molecule has 1 rings (SSSR count). The van der Waals surface area contributed by atoms with Crippen molar-refractivity contribution >= 4 is 0 Å². The van der Waals surface area contributed by atoms with Crippen LogP contribution in [0.25, 0.3) is 0 Å². The van der Waals surface area contributed by atoms with E-state index in [2.05, 4.69) is 0 Å². The first-order chi connectivity index (χ1) is 5.24. The molecule has 11 heavy (non-hydrogen) atoms. The summed E-state index contributed by atoms with van der Waals surface area (Å²) in [7, 11) is 1.64. The summed E-state index contributed by atoms with van der Waals surface area (Å²) in [6.07, 6.45) is -0.152. The fraction of sp³-hybridized carbons (Fsp3) is 0.333. The van der Waals surface area contributed by atoms with E-state index in [1.54, 1.807) is 7.11 Å². The molecule has 0 aromatic heterocycles. The fourth-order valence-corrected chi connectivity index (χ4v) is 0.893.